The van der Waals surface area contributed by atoms with Crippen molar-refractivity contribution in [1.29, 1.82) is 0 Å². The first-order chi connectivity index (χ1) is 33.3. The quantitative estimate of drug-likeness (QED) is 0.109. The van der Waals surface area contributed by atoms with E-state index in [-0.39, 0.29) is 55.1 Å². The van der Waals surface area contributed by atoms with Crippen LogP contribution in [0.15, 0.2) is 103 Å². The van der Waals surface area contributed by atoms with Crippen LogP contribution in [0, 0.1) is 23.6 Å². The van der Waals surface area contributed by atoms with E-state index >= 15 is 0 Å². The monoisotopic (exact) mass is 987 g/mol. The highest BCUT2D eigenvalue weighted by atomic mass is 35.5. The van der Waals surface area contributed by atoms with Crippen molar-refractivity contribution in [1.82, 2.24) is 25.3 Å². The number of aliphatic hydroxyl groups excluding tert-OH is 1. The normalized spacial score (nSPS) is 19.8. The fourth-order valence-corrected chi connectivity index (χ4v) is 8.69. The van der Waals surface area contributed by atoms with Gasteiger partial charge >= 0.3 is 11.9 Å². The second-order valence-corrected chi connectivity index (χ2v) is 17.6. The van der Waals surface area contributed by atoms with Crippen LogP contribution in [0.5, 0.6) is 11.5 Å². The first-order valence-corrected chi connectivity index (χ1v) is 23.6. The van der Waals surface area contributed by atoms with E-state index in [0.717, 1.165) is 38.9 Å². The predicted molar refractivity (Wildman–Crippen MR) is 260 cm³/mol. The van der Waals surface area contributed by atoms with E-state index in [1.807, 2.05) is 30.3 Å². The standard InChI is InChI=1S/C27H32FN3O5.C12H13NO3.C7H5ClO.C5H9NO2.CH4/c28-21-14-20(15-23-25(21)36-13-12-35-23)24(32)22(17-30-9-4-5-10-30)29-26(33)19-8-11-31(16-19)27(34)18-6-2-1-3-7-18;14-11(9-4-2-1-3-5-9)13-7-6-10(8-13)12(15)16;8-7(9)6-4-2-1-3-5-6;7-5(8)4-1-2-6-3-4;/h1-3,6-7,14-15,19,22,24,32H,4-5,8-13,16-17H2,(H,29,33);1-5,10H,6-8H2,(H,15,16);1-5H;4,6H,1-3H2,(H,7,8);1H4/t19-,22-,24-;10-;;4-;/m11.1./s1. The number of fused-ring (bicyclic) bond motifs is 1. The lowest BCUT2D eigenvalue weighted by molar-refractivity contribution is -0.142. The summed E-state index contributed by atoms with van der Waals surface area (Å²) in [6, 6.07) is 28.9. The molecule has 0 bridgehead atoms. The van der Waals surface area contributed by atoms with Crippen LogP contribution in [0.4, 0.5) is 4.39 Å². The van der Waals surface area contributed by atoms with Gasteiger partial charge in [-0.2, -0.15) is 0 Å². The van der Waals surface area contributed by atoms with Gasteiger partial charge in [0.25, 0.3) is 17.1 Å². The number of carbonyl (C=O) groups is 6. The summed E-state index contributed by atoms with van der Waals surface area (Å²) in [5.41, 5.74) is 2.09. The van der Waals surface area contributed by atoms with Crippen molar-refractivity contribution < 1.29 is 58.0 Å². The zero-order chi connectivity index (χ0) is 49.3. The second-order valence-electron chi connectivity index (χ2n) is 17.3. The third-order valence-electron chi connectivity index (χ3n) is 12.4. The number of carboxylic acids is 2. The zero-order valence-electron chi connectivity index (χ0n) is 38.2. The molecule has 5 N–H and O–H groups in total. The lowest BCUT2D eigenvalue weighted by Crippen LogP contribution is -2.49. The van der Waals surface area contributed by atoms with Crippen molar-refractivity contribution in [3.05, 3.63) is 131 Å². The van der Waals surface area contributed by atoms with E-state index in [1.54, 1.807) is 76.5 Å². The Hall–Kier alpha value is -6.40. The minimum atomic E-state index is -1.14. The third kappa shape index (κ3) is 15.6. The van der Waals surface area contributed by atoms with Crippen LogP contribution >= 0.6 is 11.6 Å². The van der Waals surface area contributed by atoms with Crippen molar-refractivity contribution in [3.8, 4) is 11.5 Å². The fourth-order valence-electron chi connectivity index (χ4n) is 8.57. The van der Waals surface area contributed by atoms with Crippen molar-refractivity contribution >= 4 is 46.5 Å². The summed E-state index contributed by atoms with van der Waals surface area (Å²) in [5.74, 6) is -3.07. The van der Waals surface area contributed by atoms with Gasteiger partial charge in [0.1, 0.15) is 19.3 Å². The molecular formula is C52H63ClFN5O11. The molecule has 5 heterocycles. The molecule has 9 rings (SSSR count). The summed E-state index contributed by atoms with van der Waals surface area (Å²) in [4.78, 5) is 74.9. The Morgan fingerprint density at radius 3 is 1.69 bits per heavy atom. The molecule has 0 spiro atoms. The molecule has 3 amide bonds. The first kappa shape index (κ1) is 54.5. The molecule has 18 heteroatoms. The number of rotatable bonds is 11. The van der Waals surface area contributed by atoms with Crippen molar-refractivity contribution in [2.75, 3.05) is 72.1 Å². The molecule has 5 aliphatic heterocycles. The van der Waals surface area contributed by atoms with E-state index in [4.69, 9.17) is 31.3 Å². The molecule has 5 aliphatic rings. The Balaban J connectivity index is 0.000000218. The van der Waals surface area contributed by atoms with Crippen molar-refractivity contribution in [3.63, 3.8) is 0 Å². The number of carboxylic acid groups (broad SMARTS) is 2. The summed E-state index contributed by atoms with van der Waals surface area (Å²) < 4.78 is 25.6. The summed E-state index contributed by atoms with van der Waals surface area (Å²) in [6.45, 7) is 5.98. The third-order valence-corrected chi connectivity index (χ3v) is 12.7. The average Bonchev–Trinajstić information content (AvgIpc) is 4.24. The van der Waals surface area contributed by atoms with Crippen molar-refractivity contribution in [2.24, 2.45) is 17.8 Å². The van der Waals surface area contributed by atoms with E-state index in [2.05, 4.69) is 15.5 Å². The molecule has 4 aromatic carbocycles. The van der Waals surface area contributed by atoms with Crippen LogP contribution < -0.4 is 20.1 Å². The van der Waals surface area contributed by atoms with Gasteiger partial charge in [-0.25, -0.2) is 4.39 Å². The summed E-state index contributed by atoms with van der Waals surface area (Å²) in [5, 5.41) is 34.1. The van der Waals surface area contributed by atoms with E-state index in [1.165, 1.54) is 6.07 Å². The minimum absolute atomic E-state index is 0. The Morgan fingerprint density at radius 2 is 1.21 bits per heavy atom. The molecule has 70 heavy (non-hydrogen) atoms. The molecule has 0 aromatic heterocycles. The second kappa shape index (κ2) is 27.1. The van der Waals surface area contributed by atoms with Gasteiger partial charge < -0.3 is 50.1 Å². The molecule has 0 saturated carbocycles. The molecule has 4 fully saturated rings. The van der Waals surface area contributed by atoms with Gasteiger partial charge in [0.15, 0.2) is 17.3 Å². The van der Waals surface area contributed by atoms with Crippen LogP contribution in [0.3, 0.4) is 0 Å². The van der Waals surface area contributed by atoms with Gasteiger partial charge in [0.05, 0.1) is 23.8 Å². The molecule has 4 aromatic rings. The summed E-state index contributed by atoms with van der Waals surface area (Å²) in [7, 11) is 0. The Kier molecular flexibility index (Phi) is 21.1. The minimum Gasteiger partial charge on any atom is -0.486 e. The first-order valence-electron chi connectivity index (χ1n) is 23.2. The lowest BCUT2D eigenvalue weighted by Gasteiger charge is -2.30. The van der Waals surface area contributed by atoms with Gasteiger partial charge in [-0.3, -0.25) is 28.8 Å². The van der Waals surface area contributed by atoms with Crippen LogP contribution in [0.2, 0.25) is 0 Å². The predicted octanol–water partition coefficient (Wildman–Crippen LogP) is 5.99. The van der Waals surface area contributed by atoms with E-state index in [9.17, 15) is 38.3 Å². The van der Waals surface area contributed by atoms with Crippen molar-refractivity contribution in [2.45, 2.75) is 51.7 Å². The topological polar surface area (TPSA) is 215 Å². The maximum absolute atomic E-state index is 14.7. The highest BCUT2D eigenvalue weighted by Gasteiger charge is 2.36. The van der Waals surface area contributed by atoms with Gasteiger partial charge in [-0.1, -0.05) is 74.2 Å². The molecular weight excluding hydrogens is 925 g/mol. The lowest BCUT2D eigenvalue weighted by atomic mass is 9.99. The number of amides is 3. The van der Waals surface area contributed by atoms with Gasteiger partial charge in [-0.05, 0) is 105 Å². The molecule has 5 atom stereocenters. The number of halogens is 2. The SMILES string of the molecule is C.O=C(Cl)c1ccccc1.O=C(N[C@H](CN1CCCC1)[C@H](O)c1cc(F)c2c(c1)OCCO2)[C@@H]1CCN(C(=O)c2ccccc2)C1.O=C(O)[C@@H]1CCN(C(=O)c2ccccc2)C1.O=C(O)[C@@H]1CCNC1. The number of nitrogens with one attached hydrogen (secondary N) is 2. The average molecular weight is 989 g/mol. The number of carbonyl (C=O) groups excluding carboxylic acids is 4. The van der Waals surface area contributed by atoms with E-state index < -0.39 is 41.1 Å². The number of aliphatic carboxylic acids is 2. The molecule has 376 valence electrons. The number of hydrogen-bond donors (Lipinski definition) is 5. The number of nitrogens with zero attached hydrogens (tertiary/aromatic N) is 3. The summed E-state index contributed by atoms with van der Waals surface area (Å²) in [6.07, 6.45) is 2.88. The Labute approximate surface area is 412 Å². The Morgan fingerprint density at radius 1 is 0.700 bits per heavy atom. The molecule has 0 aliphatic carbocycles. The molecule has 4 saturated heterocycles. The molecule has 16 nitrogen and oxygen atoms in total. The number of ether oxygens (including phenoxy) is 2. The van der Waals surface area contributed by atoms with E-state index in [0.29, 0.717) is 81.0 Å². The fraction of sp³-hybridized carbons (Fsp3) is 0.423. The largest absolute Gasteiger partial charge is 0.486 e. The maximum Gasteiger partial charge on any atom is 0.308 e. The maximum atomic E-state index is 14.7. The number of likely N-dealkylation sites (tertiary alicyclic amines) is 3. The highest BCUT2D eigenvalue weighted by molar-refractivity contribution is 6.67. The van der Waals surface area contributed by atoms with Crippen LogP contribution in [0.25, 0.3) is 0 Å². The van der Waals surface area contributed by atoms with Gasteiger partial charge in [0, 0.05) is 56.0 Å². The Bertz CT molecular complexity index is 2350. The number of aliphatic hydroxyl groups is 1. The van der Waals surface area contributed by atoms with Crippen LogP contribution in [-0.2, 0) is 14.4 Å². The van der Waals surface area contributed by atoms with Crippen LogP contribution in [-0.4, -0.2) is 143 Å². The number of benzene rings is 4. The number of hydrogen-bond acceptors (Lipinski definition) is 11. The van der Waals surface area contributed by atoms with Gasteiger partial charge in [0.2, 0.25) is 5.91 Å². The highest BCUT2D eigenvalue weighted by Crippen LogP contribution is 2.37. The smallest absolute Gasteiger partial charge is 0.308 e. The van der Waals surface area contributed by atoms with Crippen LogP contribution in [0.1, 0.15) is 82.3 Å². The zero-order valence-corrected chi connectivity index (χ0v) is 39.0. The molecule has 0 unspecified atom stereocenters. The summed E-state index contributed by atoms with van der Waals surface area (Å²) >= 11 is 5.16. The van der Waals surface area contributed by atoms with Gasteiger partial charge in [-0.15, -0.1) is 0 Å². The molecule has 0 radical (unpaired) electrons.